The van der Waals surface area contributed by atoms with Gasteiger partial charge in [-0.1, -0.05) is 6.07 Å². The third-order valence-corrected chi connectivity index (χ3v) is 5.08. The van der Waals surface area contributed by atoms with Crippen LogP contribution in [-0.2, 0) is 9.84 Å². The van der Waals surface area contributed by atoms with E-state index in [0.717, 1.165) is 0 Å². The van der Waals surface area contributed by atoms with Gasteiger partial charge in [0.05, 0.1) is 18.1 Å². The molecule has 6 nitrogen and oxygen atoms in total. The molecule has 0 saturated carbocycles. The van der Waals surface area contributed by atoms with Gasteiger partial charge < -0.3 is 15.3 Å². The molecule has 21 heavy (non-hydrogen) atoms. The Hall–Kier alpha value is -1.67. The molecule has 0 spiro atoms. The first-order chi connectivity index (χ1) is 9.91. The number of nitrogens with one attached hydrogen (secondary N) is 1. The van der Waals surface area contributed by atoms with Gasteiger partial charge in [0.2, 0.25) is 0 Å². The number of halogens is 1. The Morgan fingerprint density at radius 1 is 1.48 bits per heavy atom. The van der Waals surface area contributed by atoms with Crippen molar-refractivity contribution in [1.82, 2.24) is 4.90 Å². The van der Waals surface area contributed by atoms with E-state index in [1.165, 1.54) is 29.2 Å². The van der Waals surface area contributed by atoms with E-state index in [2.05, 4.69) is 5.32 Å². The van der Waals surface area contributed by atoms with Crippen molar-refractivity contribution in [3.63, 3.8) is 0 Å². The Kier molecular flexibility index (Phi) is 4.79. The number of carbonyl (C=O) groups is 1. The molecule has 0 unspecified atom stereocenters. The smallest absolute Gasteiger partial charge is 0.322 e. The van der Waals surface area contributed by atoms with Gasteiger partial charge in [0, 0.05) is 18.3 Å². The molecule has 1 fully saturated rings. The van der Waals surface area contributed by atoms with Crippen molar-refractivity contribution in [2.24, 2.45) is 0 Å². The number of hydrogen-bond acceptors (Lipinski definition) is 4. The fraction of sp³-hybridized carbons (Fsp3) is 0.462. The topological polar surface area (TPSA) is 86.7 Å². The molecule has 1 heterocycles. The summed E-state index contributed by atoms with van der Waals surface area (Å²) in [5.74, 6) is -0.555. The van der Waals surface area contributed by atoms with Crippen LogP contribution >= 0.6 is 0 Å². The fourth-order valence-corrected chi connectivity index (χ4v) is 4.07. The predicted molar refractivity (Wildman–Crippen MR) is 76.3 cm³/mol. The first kappa shape index (κ1) is 15.7. The molecule has 1 aromatic carbocycles. The summed E-state index contributed by atoms with van der Waals surface area (Å²) < 4.78 is 36.1. The minimum Gasteiger partial charge on any atom is -0.395 e. The Bertz CT molecular complexity index is 620. The summed E-state index contributed by atoms with van der Waals surface area (Å²) in [5.41, 5.74) is 0.281. The fourth-order valence-electron chi connectivity index (χ4n) is 2.34. The lowest BCUT2D eigenvalue weighted by atomic mass is 10.2. The second-order valence-electron chi connectivity index (χ2n) is 4.91. The number of rotatable bonds is 4. The first-order valence-corrected chi connectivity index (χ1v) is 8.38. The lowest BCUT2D eigenvalue weighted by Gasteiger charge is -2.27. The molecule has 0 aromatic heterocycles. The van der Waals surface area contributed by atoms with E-state index in [1.54, 1.807) is 0 Å². The zero-order valence-electron chi connectivity index (χ0n) is 11.3. The maximum absolute atomic E-state index is 13.1. The number of sulfone groups is 1. The molecule has 1 aliphatic heterocycles. The monoisotopic (exact) mass is 316 g/mol. The van der Waals surface area contributed by atoms with Gasteiger partial charge in [0.15, 0.2) is 9.84 Å². The van der Waals surface area contributed by atoms with Gasteiger partial charge in [-0.3, -0.25) is 0 Å². The number of urea groups is 1. The van der Waals surface area contributed by atoms with Crippen LogP contribution in [0.3, 0.4) is 0 Å². The third kappa shape index (κ3) is 4.15. The Labute approximate surface area is 122 Å². The predicted octanol–water partition coefficient (Wildman–Crippen LogP) is 0.839. The lowest BCUT2D eigenvalue weighted by molar-refractivity contribution is 0.169. The molecule has 1 atom stereocenters. The number of nitrogens with zero attached hydrogens (tertiary/aromatic N) is 1. The van der Waals surface area contributed by atoms with Gasteiger partial charge >= 0.3 is 6.03 Å². The Balaban J connectivity index is 2.09. The normalized spacial score (nSPS) is 20.2. The van der Waals surface area contributed by atoms with Gasteiger partial charge in [0.25, 0.3) is 0 Å². The van der Waals surface area contributed by atoms with E-state index >= 15 is 0 Å². The molecule has 0 bridgehead atoms. The average Bonchev–Trinajstić information content (AvgIpc) is 2.76. The van der Waals surface area contributed by atoms with Crippen LogP contribution in [0.25, 0.3) is 0 Å². The van der Waals surface area contributed by atoms with E-state index in [1.807, 2.05) is 0 Å². The van der Waals surface area contributed by atoms with Crippen molar-refractivity contribution in [2.75, 3.05) is 30.0 Å². The maximum atomic E-state index is 13.1. The van der Waals surface area contributed by atoms with Gasteiger partial charge in [-0.15, -0.1) is 0 Å². The third-order valence-electron chi connectivity index (χ3n) is 3.33. The van der Waals surface area contributed by atoms with Crippen molar-refractivity contribution in [1.29, 1.82) is 0 Å². The molecule has 1 saturated heterocycles. The van der Waals surface area contributed by atoms with Gasteiger partial charge in [0.1, 0.15) is 5.82 Å². The van der Waals surface area contributed by atoms with E-state index in [0.29, 0.717) is 6.42 Å². The Morgan fingerprint density at radius 2 is 2.24 bits per heavy atom. The van der Waals surface area contributed by atoms with Crippen molar-refractivity contribution >= 4 is 21.6 Å². The highest BCUT2D eigenvalue weighted by atomic mass is 32.2. The van der Waals surface area contributed by atoms with Crippen LogP contribution in [0, 0.1) is 5.82 Å². The minimum atomic E-state index is -3.14. The molecule has 1 aromatic rings. The van der Waals surface area contributed by atoms with Crippen LogP contribution in [0.5, 0.6) is 0 Å². The molecule has 2 N–H and O–H groups in total. The molecule has 116 valence electrons. The number of hydrogen-bond donors (Lipinski definition) is 2. The summed E-state index contributed by atoms with van der Waals surface area (Å²) in [4.78, 5) is 13.5. The van der Waals surface area contributed by atoms with E-state index < -0.39 is 27.7 Å². The number of amides is 2. The zero-order valence-corrected chi connectivity index (χ0v) is 12.1. The molecule has 0 aliphatic carbocycles. The highest BCUT2D eigenvalue weighted by molar-refractivity contribution is 7.91. The minimum absolute atomic E-state index is 0.0291. The number of benzene rings is 1. The van der Waals surface area contributed by atoms with Crippen molar-refractivity contribution < 1.29 is 22.7 Å². The summed E-state index contributed by atoms with van der Waals surface area (Å²) >= 11 is 0. The van der Waals surface area contributed by atoms with Gasteiger partial charge in [-0.25, -0.2) is 17.6 Å². The molecule has 1 aliphatic rings. The average molecular weight is 316 g/mol. The van der Waals surface area contributed by atoms with Gasteiger partial charge in [-0.2, -0.15) is 0 Å². The van der Waals surface area contributed by atoms with E-state index in [4.69, 9.17) is 5.11 Å². The van der Waals surface area contributed by atoms with Crippen LogP contribution in [0.1, 0.15) is 6.42 Å². The molecular weight excluding hydrogens is 299 g/mol. The van der Waals surface area contributed by atoms with Crippen LogP contribution in [-0.4, -0.2) is 55.2 Å². The maximum Gasteiger partial charge on any atom is 0.322 e. The van der Waals surface area contributed by atoms with Crippen molar-refractivity contribution in [2.45, 2.75) is 12.5 Å². The second-order valence-corrected chi connectivity index (χ2v) is 7.14. The summed E-state index contributed by atoms with van der Waals surface area (Å²) in [5, 5.41) is 11.6. The standard InChI is InChI=1S/C13H17FN2O4S/c14-10-2-1-3-11(8-10)15-13(18)16(5-6-17)12-4-7-21(19,20)9-12/h1-3,8,12,17H,4-7,9H2,(H,15,18)/t12-/m1/s1. The van der Waals surface area contributed by atoms with Crippen LogP contribution < -0.4 is 5.32 Å². The first-order valence-electron chi connectivity index (χ1n) is 6.56. The number of aliphatic hydroxyl groups excluding tert-OH is 1. The summed E-state index contributed by atoms with van der Waals surface area (Å²) in [6, 6.07) is 4.41. The largest absolute Gasteiger partial charge is 0.395 e. The second kappa shape index (κ2) is 6.40. The molecular formula is C13H17FN2O4S. The molecule has 2 rings (SSSR count). The lowest BCUT2D eigenvalue weighted by Crippen LogP contribution is -2.45. The molecule has 0 radical (unpaired) electrons. The number of aliphatic hydroxyl groups is 1. The van der Waals surface area contributed by atoms with Crippen molar-refractivity contribution in [3.8, 4) is 0 Å². The number of carbonyl (C=O) groups excluding carboxylic acids is 1. The van der Waals surface area contributed by atoms with Gasteiger partial charge in [-0.05, 0) is 24.6 Å². The van der Waals surface area contributed by atoms with E-state index in [-0.39, 0.29) is 30.3 Å². The summed E-state index contributed by atoms with van der Waals surface area (Å²) in [6.45, 7) is -0.242. The summed E-state index contributed by atoms with van der Waals surface area (Å²) in [7, 11) is -3.14. The number of anilines is 1. The van der Waals surface area contributed by atoms with Crippen LogP contribution in [0.15, 0.2) is 24.3 Å². The van der Waals surface area contributed by atoms with Crippen molar-refractivity contribution in [3.05, 3.63) is 30.1 Å². The van der Waals surface area contributed by atoms with Crippen LogP contribution in [0.4, 0.5) is 14.9 Å². The Morgan fingerprint density at radius 3 is 2.81 bits per heavy atom. The summed E-state index contributed by atoms with van der Waals surface area (Å²) in [6.07, 6.45) is 0.346. The SMILES string of the molecule is O=C(Nc1cccc(F)c1)N(CCO)[C@@H]1CCS(=O)(=O)C1. The van der Waals surface area contributed by atoms with Crippen LogP contribution in [0.2, 0.25) is 0 Å². The highest BCUT2D eigenvalue weighted by Gasteiger charge is 2.34. The molecule has 8 heteroatoms. The molecule has 2 amide bonds. The highest BCUT2D eigenvalue weighted by Crippen LogP contribution is 2.19. The zero-order chi connectivity index (χ0) is 15.5. The quantitative estimate of drug-likeness (QED) is 0.862. The van der Waals surface area contributed by atoms with E-state index in [9.17, 15) is 17.6 Å².